The van der Waals surface area contributed by atoms with Crippen LogP contribution in [0.2, 0.25) is 0 Å². The summed E-state index contributed by atoms with van der Waals surface area (Å²) in [6, 6.07) is 2.71. The average Bonchev–Trinajstić information content (AvgIpc) is 2.84. The Morgan fingerprint density at radius 2 is 1.75 bits per heavy atom. The monoisotopic (exact) mass is 277 g/mol. The highest BCUT2D eigenvalue weighted by Gasteiger charge is 2.26. The van der Waals surface area contributed by atoms with E-state index in [1.165, 1.54) is 37.8 Å². The topological polar surface area (TPSA) is 43.8 Å². The lowest BCUT2D eigenvalue weighted by Gasteiger charge is -2.30. The Kier molecular flexibility index (Phi) is 5.64. The Balaban J connectivity index is 2.00. The molecule has 3 nitrogen and oxygen atoms in total. The standard InChI is InChI=1S/C17H31N3/c1-3-16(4-2)20-13-10-15(19-20)14-17(18)11-8-6-5-7-9-12-17/h10,13,16H,3-9,11-12,14,18H2,1-2H3. The molecule has 0 amide bonds. The van der Waals surface area contributed by atoms with Crippen LogP contribution in [-0.4, -0.2) is 15.3 Å². The van der Waals surface area contributed by atoms with Crippen molar-refractivity contribution in [3.05, 3.63) is 18.0 Å². The number of rotatable bonds is 5. The number of aromatic nitrogens is 2. The van der Waals surface area contributed by atoms with Crippen LogP contribution in [0, 0.1) is 0 Å². The van der Waals surface area contributed by atoms with Crippen molar-refractivity contribution in [3.8, 4) is 0 Å². The van der Waals surface area contributed by atoms with Crippen LogP contribution in [0.15, 0.2) is 12.3 Å². The average molecular weight is 277 g/mol. The van der Waals surface area contributed by atoms with Crippen LogP contribution in [0.25, 0.3) is 0 Å². The third-order valence-electron chi connectivity index (χ3n) is 4.86. The van der Waals surface area contributed by atoms with Crippen molar-refractivity contribution < 1.29 is 0 Å². The van der Waals surface area contributed by atoms with Crippen molar-refractivity contribution in [1.82, 2.24) is 9.78 Å². The van der Waals surface area contributed by atoms with Crippen molar-refractivity contribution in [2.45, 2.75) is 89.6 Å². The lowest BCUT2D eigenvalue weighted by atomic mass is 9.81. The van der Waals surface area contributed by atoms with Crippen molar-refractivity contribution in [2.75, 3.05) is 0 Å². The summed E-state index contributed by atoms with van der Waals surface area (Å²) in [5.74, 6) is 0. The molecular formula is C17H31N3. The van der Waals surface area contributed by atoms with E-state index >= 15 is 0 Å². The number of hydrogen-bond donors (Lipinski definition) is 1. The molecular weight excluding hydrogens is 246 g/mol. The highest BCUT2D eigenvalue weighted by atomic mass is 15.3. The molecule has 1 aliphatic rings. The summed E-state index contributed by atoms with van der Waals surface area (Å²) in [4.78, 5) is 0. The van der Waals surface area contributed by atoms with Gasteiger partial charge in [0.1, 0.15) is 0 Å². The van der Waals surface area contributed by atoms with Gasteiger partial charge in [-0.15, -0.1) is 0 Å². The maximum Gasteiger partial charge on any atom is 0.0643 e. The Bertz CT molecular complexity index is 385. The molecule has 3 heteroatoms. The van der Waals surface area contributed by atoms with Gasteiger partial charge in [-0.25, -0.2) is 0 Å². The van der Waals surface area contributed by atoms with Crippen LogP contribution < -0.4 is 5.73 Å². The van der Waals surface area contributed by atoms with E-state index in [9.17, 15) is 0 Å². The molecule has 1 fully saturated rings. The lowest BCUT2D eigenvalue weighted by Crippen LogP contribution is -2.42. The van der Waals surface area contributed by atoms with Gasteiger partial charge >= 0.3 is 0 Å². The molecule has 1 aromatic rings. The molecule has 0 bridgehead atoms. The molecule has 1 heterocycles. The molecule has 20 heavy (non-hydrogen) atoms. The summed E-state index contributed by atoms with van der Waals surface area (Å²) in [6.45, 7) is 4.46. The van der Waals surface area contributed by atoms with Crippen LogP contribution in [0.1, 0.15) is 83.4 Å². The minimum atomic E-state index is -0.0203. The molecule has 0 radical (unpaired) electrons. The van der Waals surface area contributed by atoms with Crippen molar-refractivity contribution >= 4 is 0 Å². The van der Waals surface area contributed by atoms with Crippen LogP contribution in [0.5, 0.6) is 0 Å². The smallest absolute Gasteiger partial charge is 0.0643 e. The minimum Gasteiger partial charge on any atom is -0.325 e. The zero-order valence-electron chi connectivity index (χ0n) is 13.3. The van der Waals surface area contributed by atoms with E-state index in [2.05, 4.69) is 30.8 Å². The van der Waals surface area contributed by atoms with Crippen LogP contribution >= 0.6 is 0 Å². The summed E-state index contributed by atoms with van der Waals surface area (Å²) >= 11 is 0. The molecule has 0 atom stereocenters. The highest BCUT2D eigenvalue weighted by molar-refractivity contribution is 5.06. The third-order valence-corrected chi connectivity index (χ3v) is 4.86. The molecule has 2 N–H and O–H groups in total. The normalized spacial score (nSPS) is 19.8. The van der Waals surface area contributed by atoms with Gasteiger partial charge in [0, 0.05) is 18.2 Å². The SMILES string of the molecule is CCC(CC)n1ccc(CC2(N)CCCCCCC2)n1. The summed E-state index contributed by atoms with van der Waals surface area (Å²) in [5, 5.41) is 4.78. The van der Waals surface area contributed by atoms with Gasteiger partial charge in [0.15, 0.2) is 0 Å². The van der Waals surface area contributed by atoms with E-state index in [1.807, 2.05) is 0 Å². The molecule has 114 valence electrons. The molecule has 1 saturated carbocycles. The van der Waals surface area contributed by atoms with E-state index in [1.54, 1.807) is 0 Å². The molecule has 0 saturated heterocycles. The van der Waals surface area contributed by atoms with E-state index in [0.717, 1.165) is 32.1 Å². The predicted octanol–water partition coefficient (Wildman–Crippen LogP) is 4.23. The highest BCUT2D eigenvalue weighted by Crippen LogP contribution is 2.27. The van der Waals surface area contributed by atoms with Gasteiger partial charge < -0.3 is 5.73 Å². The molecule has 0 aliphatic heterocycles. The summed E-state index contributed by atoms with van der Waals surface area (Å²) in [7, 11) is 0. The Hall–Kier alpha value is -0.830. The Morgan fingerprint density at radius 1 is 1.15 bits per heavy atom. The fourth-order valence-corrected chi connectivity index (χ4v) is 3.48. The zero-order valence-corrected chi connectivity index (χ0v) is 13.3. The first-order chi connectivity index (χ1) is 9.67. The molecule has 0 spiro atoms. The maximum atomic E-state index is 6.66. The Labute approximate surface area is 123 Å². The molecule has 0 aromatic carbocycles. The molecule has 0 unspecified atom stereocenters. The van der Waals surface area contributed by atoms with Crippen LogP contribution in [-0.2, 0) is 6.42 Å². The third kappa shape index (κ3) is 4.08. The van der Waals surface area contributed by atoms with E-state index in [4.69, 9.17) is 10.8 Å². The number of hydrogen-bond acceptors (Lipinski definition) is 2. The molecule has 2 rings (SSSR count). The van der Waals surface area contributed by atoms with E-state index < -0.39 is 0 Å². The van der Waals surface area contributed by atoms with Crippen molar-refractivity contribution in [3.63, 3.8) is 0 Å². The Morgan fingerprint density at radius 3 is 2.35 bits per heavy atom. The quantitative estimate of drug-likeness (QED) is 0.875. The van der Waals surface area contributed by atoms with Crippen LogP contribution in [0.3, 0.4) is 0 Å². The van der Waals surface area contributed by atoms with Crippen molar-refractivity contribution in [2.24, 2.45) is 5.73 Å². The second-order valence-electron chi connectivity index (χ2n) is 6.56. The summed E-state index contributed by atoms with van der Waals surface area (Å²) < 4.78 is 2.14. The largest absolute Gasteiger partial charge is 0.325 e. The number of nitrogens with two attached hydrogens (primary N) is 1. The van der Waals surface area contributed by atoms with Gasteiger partial charge in [0.05, 0.1) is 11.7 Å². The summed E-state index contributed by atoms with van der Waals surface area (Å²) in [5.41, 5.74) is 7.82. The second kappa shape index (κ2) is 7.26. The fraction of sp³-hybridized carbons (Fsp3) is 0.824. The van der Waals surface area contributed by atoms with Gasteiger partial charge in [-0.2, -0.15) is 5.10 Å². The van der Waals surface area contributed by atoms with Crippen LogP contribution in [0.4, 0.5) is 0 Å². The van der Waals surface area contributed by atoms with Gasteiger partial charge in [-0.05, 0) is 31.7 Å². The molecule has 1 aromatic heterocycles. The minimum absolute atomic E-state index is 0.0203. The fourth-order valence-electron chi connectivity index (χ4n) is 3.48. The second-order valence-corrected chi connectivity index (χ2v) is 6.56. The van der Waals surface area contributed by atoms with Gasteiger partial charge in [-0.1, -0.05) is 46.0 Å². The van der Waals surface area contributed by atoms with Gasteiger partial charge in [-0.3, -0.25) is 4.68 Å². The maximum absolute atomic E-state index is 6.66. The van der Waals surface area contributed by atoms with Gasteiger partial charge in [0.25, 0.3) is 0 Å². The zero-order chi connectivity index (χ0) is 14.4. The van der Waals surface area contributed by atoms with Gasteiger partial charge in [0.2, 0.25) is 0 Å². The van der Waals surface area contributed by atoms with Crippen molar-refractivity contribution in [1.29, 1.82) is 0 Å². The van der Waals surface area contributed by atoms with E-state index in [0.29, 0.717) is 6.04 Å². The van der Waals surface area contributed by atoms with E-state index in [-0.39, 0.29) is 5.54 Å². The first kappa shape index (κ1) is 15.6. The number of nitrogens with zero attached hydrogens (tertiary/aromatic N) is 2. The summed E-state index contributed by atoms with van der Waals surface area (Å²) in [6.07, 6.45) is 14.3. The first-order valence-corrected chi connectivity index (χ1v) is 8.50. The molecule has 1 aliphatic carbocycles. The lowest BCUT2D eigenvalue weighted by molar-refractivity contribution is 0.310. The first-order valence-electron chi connectivity index (χ1n) is 8.50. The predicted molar refractivity (Wildman–Crippen MR) is 84.8 cm³/mol.